The molecule has 0 aliphatic heterocycles. The van der Waals surface area contributed by atoms with E-state index >= 15 is 0 Å². The van der Waals surface area contributed by atoms with Gasteiger partial charge >= 0.3 is 5.97 Å². The fourth-order valence-electron chi connectivity index (χ4n) is 2.87. The molecule has 0 spiro atoms. The number of Topliss-reactive ketones (excluding diaryl/α,β-unsaturated/α-hetero) is 1. The summed E-state index contributed by atoms with van der Waals surface area (Å²) in [5.41, 5.74) is 1.94. The molecule has 0 saturated carbocycles. The second-order valence-corrected chi connectivity index (χ2v) is 6.47. The number of hydrogen-bond donors (Lipinski definition) is 1. The van der Waals surface area contributed by atoms with Gasteiger partial charge in [0.05, 0.1) is 6.42 Å². The average Bonchev–Trinajstić information content (AvgIpc) is 2.71. The minimum atomic E-state index is -0.528. The van der Waals surface area contributed by atoms with Gasteiger partial charge < -0.3 is 10.1 Å². The second kappa shape index (κ2) is 8.95. The highest BCUT2D eigenvalue weighted by Gasteiger charge is 2.12. The zero-order valence-corrected chi connectivity index (χ0v) is 15.6. The van der Waals surface area contributed by atoms with Crippen molar-refractivity contribution in [2.75, 3.05) is 13.2 Å². The summed E-state index contributed by atoms with van der Waals surface area (Å²) >= 11 is 0. The lowest BCUT2D eigenvalue weighted by molar-refractivity contribution is -0.142. The van der Waals surface area contributed by atoms with Crippen molar-refractivity contribution in [2.24, 2.45) is 0 Å². The SMILES string of the molecule is Cc1ccccc1C(=O)NCCC(=O)OCC(=O)c1ccc2ccccc2c1. The number of fused-ring (bicyclic) bond motifs is 1. The summed E-state index contributed by atoms with van der Waals surface area (Å²) in [5.74, 6) is -1.03. The normalized spacial score (nSPS) is 10.5. The van der Waals surface area contributed by atoms with E-state index in [2.05, 4.69) is 5.32 Å². The van der Waals surface area contributed by atoms with E-state index < -0.39 is 5.97 Å². The van der Waals surface area contributed by atoms with Crippen LogP contribution < -0.4 is 5.32 Å². The van der Waals surface area contributed by atoms with E-state index in [0.29, 0.717) is 11.1 Å². The fourth-order valence-corrected chi connectivity index (χ4v) is 2.87. The van der Waals surface area contributed by atoms with Crippen molar-refractivity contribution < 1.29 is 19.1 Å². The molecule has 28 heavy (non-hydrogen) atoms. The van der Waals surface area contributed by atoms with Crippen molar-refractivity contribution in [3.8, 4) is 0 Å². The molecule has 0 fully saturated rings. The maximum atomic E-state index is 12.3. The molecule has 3 aromatic rings. The number of rotatable bonds is 7. The number of carbonyl (C=O) groups excluding carboxylic acids is 3. The zero-order valence-electron chi connectivity index (χ0n) is 15.6. The lowest BCUT2D eigenvalue weighted by Crippen LogP contribution is -2.27. The Kier molecular flexibility index (Phi) is 6.17. The van der Waals surface area contributed by atoms with Gasteiger partial charge in [-0.05, 0) is 35.4 Å². The Hall–Kier alpha value is -3.47. The molecule has 3 aromatic carbocycles. The Labute approximate surface area is 163 Å². The van der Waals surface area contributed by atoms with Gasteiger partial charge in [0.2, 0.25) is 0 Å². The Bertz CT molecular complexity index is 1030. The number of carbonyl (C=O) groups is 3. The Balaban J connectivity index is 1.45. The molecule has 0 bridgehead atoms. The van der Waals surface area contributed by atoms with Crippen LogP contribution in [-0.4, -0.2) is 30.8 Å². The fraction of sp³-hybridized carbons (Fsp3) is 0.174. The van der Waals surface area contributed by atoms with E-state index in [-0.39, 0.29) is 31.3 Å². The van der Waals surface area contributed by atoms with Gasteiger partial charge in [0.1, 0.15) is 0 Å². The predicted molar refractivity (Wildman–Crippen MR) is 107 cm³/mol. The summed E-state index contributed by atoms with van der Waals surface area (Å²) in [6.07, 6.45) is 0.00260. The summed E-state index contributed by atoms with van der Waals surface area (Å²) in [6.45, 7) is 1.68. The number of aryl methyl sites for hydroxylation is 1. The standard InChI is InChI=1S/C23H21NO4/c1-16-6-2-5-9-20(16)23(27)24-13-12-22(26)28-15-21(25)19-11-10-17-7-3-4-8-18(17)14-19/h2-11,14H,12-13,15H2,1H3,(H,24,27). The molecule has 0 radical (unpaired) electrons. The molecule has 3 rings (SSSR count). The zero-order chi connectivity index (χ0) is 19.9. The van der Waals surface area contributed by atoms with Gasteiger partial charge in [0, 0.05) is 17.7 Å². The minimum absolute atomic E-state index is 0.00260. The largest absolute Gasteiger partial charge is 0.457 e. The number of esters is 1. The molecule has 5 nitrogen and oxygen atoms in total. The number of hydrogen-bond acceptors (Lipinski definition) is 4. The lowest BCUT2D eigenvalue weighted by Gasteiger charge is -2.08. The monoisotopic (exact) mass is 375 g/mol. The van der Waals surface area contributed by atoms with Crippen LogP contribution in [0.5, 0.6) is 0 Å². The average molecular weight is 375 g/mol. The van der Waals surface area contributed by atoms with Gasteiger partial charge in [-0.2, -0.15) is 0 Å². The van der Waals surface area contributed by atoms with Gasteiger partial charge in [-0.15, -0.1) is 0 Å². The molecule has 142 valence electrons. The van der Waals surface area contributed by atoms with Crippen molar-refractivity contribution in [1.82, 2.24) is 5.32 Å². The summed E-state index contributed by atoms with van der Waals surface area (Å²) in [5, 5.41) is 4.68. The van der Waals surface area contributed by atoms with Crippen LogP contribution in [0.15, 0.2) is 66.7 Å². The third kappa shape index (κ3) is 4.82. The first-order valence-electron chi connectivity index (χ1n) is 9.06. The lowest BCUT2D eigenvalue weighted by atomic mass is 10.0. The summed E-state index contributed by atoms with van der Waals surface area (Å²) < 4.78 is 5.04. The maximum absolute atomic E-state index is 12.3. The molecule has 0 aliphatic rings. The Morgan fingerprint density at radius 3 is 2.39 bits per heavy atom. The van der Waals surface area contributed by atoms with Gasteiger partial charge in [0.15, 0.2) is 12.4 Å². The Morgan fingerprint density at radius 1 is 0.893 bits per heavy atom. The van der Waals surface area contributed by atoms with Crippen molar-refractivity contribution in [3.05, 3.63) is 83.4 Å². The van der Waals surface area contributed by atoms with E-state index in [4.69, 9.17) is 4.74 Å². The first kappa shape index (κ1) is 19.3. The highest BCUT2D eigenvalue weighted by molar-refractivity contribution is 6.01. The molecule has 1 amide bonds. The molecule has 1 N–H and O–H groups in total. The maximum Gasteiger partial charge on any atom is 0.308 e. The molecule has 0 atom stereocenters. The third-order valence-electron chi connectivity index (χ3n) is 4.44. The second-order valence-electron chi connectivity index (χ2n) is 6.47. The van der Waals surface area contributed by atoms with Crippen molar-refractivity contribution >= 4 is 28.4 Å². The first-order chi connectivity index (χ1) is 13.5. The van der Waals surface area contributed by atoms with Crippen molar-refractivity contribution in [3.63, 3.8) is 0 Å². The van der Waals surface area contributed by atoms with Gasteiger partial charge in [-0.3, -0.25) is 14.4 Å². The summed E-state index contributed by atoms with van der Waals surface area (Å²) in [7, 11) is 0. The molecule has 0 aliphatic carbocycles. The molecular weight excluding hydrogens is 354 g/mol. The first-order valence-corrected chi connectivity index (χ1v) is 9.06. The number of ether oxygens (including phenoxy) is 1. The molecule has 0 heterocycles. The van der Waals surface area contributed by atoms with Crippen LogP contribution in [0.25, 0.3) is 10.8 Å². The summed E-state index contributed by atoms with van der Waals surface area (Å²) in [4.78, 5) is 36.2. The van der Waals surface area contributed by atoms with Crippen LogP contribution in [0.2, 0.25) is 0 Å². The quantitative estimate of drug-likeness (QED) is 0.505. The van der Waals surface area contributed by atoms with E-state index in [0.717, 1.165) is 16.3 Å². The van der Waals surface area contributed by atoms with E-state index in [1.807, 2.05) is 49.4 Å². The van der Waals surface area contributed by atoms with E-state index in [9.17, 15) is 14.4 Å². The van der Waals surface area contributed by atoms with Crippen molar-refractivity contribution in [1.29, 1.82) is 0 Å². The Morgan fingerprint density at radius 2 is 1.61 bits per heavy atom. The highest BCUT2D eigenvalue weighted by atomic mass is 16.5. The van der Waals surface area contributed by atoms with Crippen molar-refractivity contribution in [2.45, 2.75) is 13.3 Å². The molecule has 5 heteroatoms. The number of amides is 1. The molecular formula is C23H21NO4. The van der Waals surface area contributed by atoms with Crippen LogP contribution in [0.4, 0.5) is 0 Å². The van der Waals surface area contributed by atoms with E-state index in [1.165, 1.54) is 0 Å². The van der Waals surface area contributed by atoms with Crippen LogP contribution in [0.3, 0.4) is 0 Å². The van der Waals surface area contributed by atoms with Crippen LogP contribution in [0, 0.1) is 6.92 Å². The number of nitrogens with one attached hydrogen (secondary N) is 1. The highest BCUT2D eigenvalue weighted by Crippen LogP contribution is 2.16. The van der Waals surface area contributed by atoms with Gasteiger partial charge in [-0.1, -0.05) is 54.6 Å². The van der Waals surface area contributed by atoms with Gasteiger partial charge in [-0.25, -0.2) is 0 Å². The molecule has 0 aromatic heterocycles. The number of ketones is 1. The predicted octanol–water partition coefficient (Wildman–Crippen LogP) is 3.69. The summed E-state index contributed by atoms with van der Waals surface area (Å²) in [6, 6.07) is 20.3. The van der Waals surface area contributed by atoms with Crippen LogP contribution in [0.1, 0.15) is 32.7 Å². The van der Waals surface area contributed by atoms with Gasteiger partial charge in [0.25, 0.3) is 5.91 Å². The third-order valence-corrected chi connectivity index (χ3v) is 4.44. The minimum Gasteiger partial charge on any atom is -0.457 e. The smallest absolute Gasteiger partial charge is 0.308 e. The molecule has 0 saturated heterocycles. The number of benzene rings is 3. The van der Waals surface area contributed by atoms with Crippen LogP contribution in [-0.2, 0) is 9.53 Å². The molecule has 0 unspecified atom stereocenters. The van der Waals surface area contributed by atoms with Crippen LogP contribution >= 0.6 is 0 Å². The van der Waals surface area contributed by atoms with E-state index in [1.54, 1.807) is 24.3 Å². The topological polar surface area (TPSA) is 72.5 Å².